The van der Waals surface area contributed by atoms with Crippen molar-refractivity contribution >= 4 is 29.2 Å². The lowest BCUT2D eigenvalue weighted by atomic mass is 9.99. The Morgan fingerprint density at radius 2 is 1.83 bits per heavy atom. The number of urea groups is 1. The Morgan fingerprint density at radius 1 is 1.03 bits per heavy atom. The Bertz CT molecular complexity index is 1270. The molecule has 4 N–H and O–H groups in total. The van der Waals surface area contributed by atoms with Gasteiger partial charge in [-0.2, -0.15) is 0 Å². The maximum Gasteiger partial charge on any atom is 0.322 e. The first-order valence-electron chi connectivity index (χ1n) is 11.7. The number of carbonyl (C=O) groups excluding carboxylic acids is 2. The second-order valence-electron chi connectivity index (χ2n) is 8.95. The van der Waals surface area contributed by atoms with Gasteiger partial charge in [-0.3, -0.25) is 9.69 Å². The molecular formula is C26H28ClN5O3. The van der Waals surface area contributed by atoms with Gasteiger partial charge in [-0.1, -0.05) is 48.0 Å². The van der Waals surface area contributed by atoms with E-state index in [1.807, 2.05) is 47.0 Å². The van der Waals surface area contributed by atoms with Crippen molar-refractivity contribution in [3.05, 3.63) is 75.9 Å². The van der Waals surface area contributed by atoms with Crippen LogP contribution in [0.4, 0.5) is 10.5 Å². The summed E-state index contributed by atoms with van der Waals surface area (Å²) in [5.41, 5.74) is 11.4. The molecule has 0 radical (unpaired) electrons. The highest BCUT2D eigenvalue weighted by Gasteiger charge is 2.31. The van der Waals surface area contributed by atoms with Crippen LogP contribution in [-0.2, 0) is 26.1 Å². The molecule has 3 aromatic rings. The maximum absolute atomic E-state index is 13.2. The van der Waals surface area contributed by atoms with E-state index in [0.29, 0.717) is 30.4 Å². The zero-order valence-electron chi connectivity index (χ0n) is 19.3. The second kappa shape index (κ2) is 9.73. The number of aliphatic hydroxyl groups excluding tert-OH is 1. The highest BCUT2D eigenvalue weighted by atomic mass is 35.5. The van der Waals surface area contributed by atoms with Gasteiger partial charge in [0.15, 0.2) is 0 Å². The van der Waals surface area contributed by atoms with E-state index in [9.17, 15) is 14.7 Å². The van der Waals surface area contributed by atoms with Crippen LogP contribution in [-0.4, -0.2) is 57.7 Å². The zero-order valence-corrected chi connectivity index (χ0v) is 20.1. The number of anilines is 1. The van der Waals surface area contributed by atoms with Crippen LogP contribution in [0.3, 0.4) is 0 Å². The number of aliphatic hydroxyl groups is 1. The fourth-order valence-electron chi connectivity index (χ4n) is 5.06. The minimum absolute atomic E-state index is 0.131. The van der Waals surface area contributed by atoms with E-state index in [-0.39, 0.29) is 24.7 Å². The molecule has 2 aliphatic heterocycles. The van der Waals surface area contributed by atoms with Gasteiger partial charge in [-0.25, -0.2) is 4.79 Å². The van der Waals surface area contributed by atoms with E-state index < -0.39 is 5.91 Å². The van der Waals surface area contributed by atoms with E-state index in [4.69, 9.17) is 17.3 Å². The van der Waals surface area contributed by atoms with Gasteiger partial charge in [-0.15, -0.1) is 0 Å². The number of benzene rings is 2. The van der Waals surface area contributed by atoms with Crippen LogP contribution in [0.5, 0.6) is 0 Å². The Morgan fingerprint density at radius 3 is 2.57 bits per heavy atom. The lowest BCUT2D eigenvalue weighted by Crippen LogP contribution is -2.41. The smallest absolute Gasteiger partial charge is 0.322 e. The first kappa shape index (κ1) is 23.4. The molecule has 0 saturated heterocycles. The fourth-order valence-corrected chi connectivity index (χ4v) is 5.47. The number of primary amides is 1. The van der Waals surface area contributed by atoms with E-state index in [2.05, 4.69) is 16.3 Å². The summed E-state index contributed by atoms with van der Waals surface area (Å²) < 4.78 is 2.00. The molecule has 8 nitrogen and oxygen atoms in total. The van der Waals surface area contributed by atoms with Crippen molar-refractivity contribution in [2.75, 3.05) is 31.6 Å². The number of aromatic nitrogens is 1. The van der Waals surface area contributed by atoms with E-state index in [1.165, 1.54) is 5.56 Å². The topological polar surface area (TPSA) is 104 Å². The number of fused-ring (bicyclic) bond motifs is 2. The number of nitrogens with one attached hydrogen (secondary N) is 1. The zero-order chi connectivity index (χ0) is 24.5. The van der Waals surface area contributed by atoms with Gasteiger partial charge in [0.2, 0.25) is 0 Å². The van der Waals surface area contributed by atoms with Gasteiger partial charge in [0.1, 0.15) is 0 Å². The highest BCUT2D eigenvalue weighted by Crippen LogP contribution is 2.38. The third-order valence-electron chi connectivity index (χ3n) is 6.79. The SMILES string of the molecule is NC(=O)c1c(Cl)c(-c2ccccc2)n2c1CN(C(=O)Nc1ccc3c(c1)CN(CCO)CC3)CC2. The number of nitrogens with zero attached hydrogens (tertiary/aromatic N) is 3. The first-order valence-corrected chi connectivity index (χ1v) is 12.1. The molecule has 3 heterocycles. The van der Waals surface area contributed by atoms with Gasteiger partial charge in [0.05, 0.1) is 35.1 Å². The number of amides is 3. The number of nitrogens with two attached hydrogens (primary N) is 1. The van der Waals surface area contributed by atoms with Crippen LogP contribution in [0.1, 0.15) is 27.2 Å². The van der Waals surface area contributed by atoms with E-state index >= 15 is 0 Å². The molecule has 9 heteroatoms. The fraction of sp³-hybridized carbons (Fsp3) is 0.308. The average molecular weight is 494 g/mol. The Hall–Kier alpha value is -3.33. The monoisotopic (exact) mass is 493 g/mol. The number of β-amino-alcohol motifs (C(OH)–C–C–N with tert-alkyl or cyclic N) is 1. The average Bonchev–Trinajstić information content (AvgIpc) is 3.15. The minimum atomic E-state index is -0.606. The van der Waals surface area contributed by atoms with Crippen LogP contribution in [0.2, 0.25) is 5.02 Å². The largest absolute Gasteiger partial charge is 0.395 e. The summed E-state index contributed by atoms with van der Waals surface area (Å²) in [4.78, 5) is 29.3. The standard InChI is InChI=1S/C26H28ClN5O3/c27-23-22(25(28)34)21-16-31(10-11-32(21)24(23)18-4-2-1-3-5-18)26(35)29-20-7-6-17-8-9-30(12-13-33)15-19(17)14-20/h1-7,14,33H,8-13,15-16H2,(H2,28,34)(H,29,35). The summed E-state index contributed by atoms with van der Waals surface area (Å²) in [6.45, 7) is 3.64. The molecule has 0 bridgehead atoms. The van der Waals surface area contributed by atoms with Gasteiger partial charge >= 0.3 is 6.03 Å². The molecule has 0 saturated carbocycles. The third kappa shape index (κ3) is 4.52. The van der Waals surface area contributed by atoms with Gasteiger partial charge in [0.25, 0.3) is 5.91 Å². The molecule has 5 rings (SSSR count). The van der Waals surface area contributed by atoms with Crippen molar-refractivity contribution in [1.82, 2.24) is 14.4 Å². The van der Waals surface area contributed by atoms with Crippen LogP contribution in [0.25, 0.3) is 11.3 Å². The molecule has 2 aromatic carbocycles. The summed E-state index contributed by atoms with van der Waals surface area (Å²) in [7, 11) is 0. The molecule has 2 aliphatic rings. The van der Waals surface area contributed by atoms with Crippen molar-refractivity contribution in [2.45, 2.75) is 26.1 Å². The molecule has 0 aliphatic carbocycles. The lowest BCUT2D eigenvalue weighted by molar-refractivity contribution is 0.0997. The van der Waals surface area contributed by atoms with Crippen molar-refractivity contribution in [2.24, 2.45) is 5.73 Å². The van der Waals surface area contributed by atoms with Crippen LogP contribution in [0, 0.1) is 0 Å². The molecule has 0 unspecified atom stereocenters. The molecule has 1 aromatic heterocycles. The normalized spacial score (nSPS) is 15.4. The van der Waals surface area contributed by atoms with Gasteiger partial charge in [0, 0.05) is 38.4 Å². The summed E-state index contributed by atoms with van der Waals surface area (Å²) in [6, 6.07) is 15.4. The predicted octanol–water partition coefficient (Wildman–Crippen LogP) is 3.31. The first-order chi connectivity index (χ1) is 17.0. The van der Waals surface area contributed by atoms with Crippen LogP contribution < -0.4 is 11.1 Å². The quantitative estimate of drug-likeness (QED) is 0.507. The highest BCUT2D eigenvalue weighted by molar-refractivity contribution is 6.36. The maximum atomic E-state index is 13.2. The third-order valence-corrected chi connectivity index (χ3v) is 7.16. The molecule has 182 valence electrons. The Kier molecular flexibility index (Phi) is 6.51. The van der Waals surface area contributed by atoms with Gasteiger partial charge < -0.3 is 25.6 Å². The Labute approximate surface area is 208 Å². The molecular weight excluding hydrogens is 466 g/mol. The molecule has 35 heavy (non-hydrogen) atoms. The lowest BCUT2D eigenvalue weighted by Gasteiger charge is -2.31. The number of hydrogen-bond donors (Lipinski definition) is 3. The summed E-state index contributed by atoms with van der Waals surface area (Å²) in [5.74, 6) is -0.606. The van der Waals surface area contributed by atoms with Crippen molar-refractivity contribution in [1.29, 1.82) is 0 Å². The summed E-state index contributed by atoms with van der Waals surface area (Å²) >= 11 is 6.65. The molecule has 0 spiro atoms. The van der Waals surface area contributed by atoms with Crippen LogP contribution in [0.15, 0.2) is 48.5 Å². The van der Waals surface area contributed by atoms with E-state index in [0.717, 1.165) is 42.0 Å². The minimum Gasteiger partial charge on any atom is -0.395 e. The van der Waals surface area contributed by atoms with Crippen LogP contribution >= 0.6 is 11.6 Å². The predicted molar refractivity (Wildman–Crippen MR) is 135 cm³/mol. The number of carbonyl (C=O) groups is 2. The number of hydrogen-bond acceptors (Lipinski definition) is 4. The number of halogens is 1. The molecule has 0 fully saturated rings. The summed E-state index contributed by atoms with van der Waals surface area (Å²) in [6.07, 6.45) is 0.924. The Balaban J connectivity index is 1.37. The van der Waals surface area contributed by atoms with E-state index in [1.54, 1.807) is 4.90 Å². The van der Waals surface area contributed by atoms with Gasteiger partial charge in [-0.05, 0) is 35.2 Å². The van der Waals surface area contributed by atoms with Crippen molar-refractivity contribution in [3.63, 3.8) is 0 Å². The number of rotatable bonds is 5. The molecule has 0 atom stereocenters. The second-order valence-corrected chi connectivity index (χ2v) is 9.33. The van der Waals surface area contributed by atoms with Crippen molar-refractivity contribution < 1.29 is 14.7 Å². The summed E-state index contributed by atoms with van der Waals surface area (Å²) in [5, 5.41) is 12.6. The van der Waals surface area contributed by atoms with Crippen molar-refractivity contribution in [3.8, 4) is 11.3 Å². The molecule has 3 amide bonds.